The van der Waals surface area contributed by atoms with Crippen LogP contribution in [0.1, 0.15) is 16.1 Å². The minimum Gasteiger partial charge on any atom is -0.277 e. The van der Waals surface area contributed by atoms with Crippen LogP contribution in [0.5, 0.6) is 0 Å². The average molecular weight is 367 g/mol. The molecule has 0 unspecified atom stereocenters. The number of nitriles is 1. The first-order chi connectivity index (χ1) is 12.1. The van der Waals surface area contributed by atoms with E-state index in [2.05, 4.69) is 21.6 Å². The van der Waals surface area contributed by atoms with Crippen molar-refractivity contribution in [2.24, 2.45) is 5.10 Å². The van der Waals surface area contributed by atoms with Gasteiger partial charge in [0.25, 0.3) is 0 Å². The number of aromatic nitrogens is 1. The van der Waals surface area contributed by atoms with E-state index in [-0.39, 0.29) is 5.71 Å². The topological polar surface area (TPSA) is 61.1 Å². The summed E-state index contributed by atoms with van der Waals surface area (Å²) in [5, 5.41) is 16.8. The summed E-state index contributed by atoms with van der Waals surface area (Å²) in [6, 6.07) is 15.6. The van der Waals surface area contributed by atoms with Crippen molar-refractivity contribution in [3.05, 3.63) is 69.0 Å². The van der Waals surface area contributed by atoms with E-state index >= 15 is 0 Å². The van der Waals surface area contributed by atoms with E-state index in [1.165, 1.54) is 11.3 Å². The first-order valence-corrected chi connectivity index (χ1v) is 8.85. The van der Waals surface area contributed by atoms with Crippen LogP contribution in [-0.4, -0.2) is 10.7 Å². The fourth-order valence-electron chi connectivity index (χ4n) is 2.23. The number of anilines is 1. The van der Waals surface area contributed by atoms with Crippen molar-refractivity contribution in [2.45, 2.75) is 13.8 Å². The molecule has 4 nitrogen and oxygen atoms in total. The summed E-state index contributed by atoms with van der Waals surface area (Å²) in [5.41, 5.74) is 8.04. The molecule has 0 amide bonds. The monoisotopic (exact) mass is 366 g/mol. The summed E-state index contributed by atoms with van der Waals surface area (Å²) in [4.78, 5) is 4.52. The molecular formula is C19H15ClN4S. The number of benzene rings is 2. The molecule has 0 aliphatic heterocycles. The van der Waals surface area contributed by atoms with Crippen molar-refractivity contribution < 1.29 is 0 Å². The molecule has 124 valence electrons. The van der Waals surface area contributed by atoms with Crippen LogP contribution in [0.4, 0.5) is 5.69 Å². The van der Waals surface area contributed by atoms with Gasteiger partial charge in [-0.1, -0.05) is 35.9 Å². The van der Waals surface area contributed by atoms with E-state index in [1.807, 2.05) is 61.7 Å². The maximum atomic E-state index is 9.43. The Morgan fingerprint density at radius 1 is 1.20 bits per heavy atom. The molecule has 0 bridgehead atoms. The molecule has 0 spiro atoms. The van der Waals surface area contributed by atoms with E-state index in [0.29, 0.717) is 10.0 Å². The lowest BCUT2D eigenvalue weighted by Crippen LogP contribution is -2.02. The Balaban J connectivity index is 1.85. The molecule has 0 aliphatic carbocycles. The summed E-state index contributed by atoms with van der Waals surface area (Å²) < 4.78 is 0. The molecule has 0 saturated carbocycles. The molecule has 1 heterocycles. The van der Waals surface area contributed by atoms with Crippen LogP contribution in [0, 0.1) is 25.2 Å². The van der Waals surface area contributed by atoms with Crippen LogP contribution >= 0.6 is 22.9 Å². The largest absolute Gasteiger partial charge is 0.277 e. The van der Waals surface area contributed by atoms with Crippen molar-refractivity contribution in [3.63, 3.8) is 0 Å². The standard InChI is InChI=1S/C19H15ClN4S/c1-12-3-4-13(2)16(9-12)23-24-17(10-21)19-22-18(11-25-19)14-5-7-15(20)8-6-14/h3-9,11,23H,1-2H3/b24-17-. The molecule has 6 heteroatoms. The fourth-order valence-corrected chi connectivity index (χ4v) is 3.12. The molecule has 0 aliphatic rings. The number of thiazole rings is 1. The predicted molar refractivity (Wildman–Crippen MR) is 104 cm³/mol. The highest BCUT2D eigenvalue weighted by Crippen LogP contribution is 2.24. The Labute approximate surface area is 155 Å². The maximum Gasteiger partial charge on any atom is 0.196 e. The van der Waals surface area contributed by atoms with Gasteiger partial charge in [0.15, 0.2) is 10.7 Å². The summed E-state index contributed by atoms with van der Waals surface area (Å²) >= 11 is 7.30. The Morgan fingerprint density at radius 3 is 2.68 bits per heavy atom. The van der Waals surface area contributed by atoms with Gasteiger partial charge in [0.1, 0.15) is 6.07 Å². The van der Waals surface area contributed by atoms with Gasteiger partial charge < -0.3 is 0 Å². The second-order valence-corrected chi connectivity index (χ2v) is 6.84. The summed E-state index contributed by atoms with van der Waals surface area (Å²) in [6.07, 6.45) is 0. The number of aryl methyl sites for hydroxylation is 2. The molecule has 0 atom stereocenters. The zero-order valence-corrected chi connectivity index (χ0v) is 15.3. The van der Waals surface area contributed by atoms with Gasteiger partial charge in [-0.15, -0.1) is 11.3 Å². The van der Waals surface area contributed by atoms with Crippen LogP contribution in [-0.2, 0) is 0 Å². The number of nitrogens with one attached hydrogen (secondary N) is 1. The summed E-state index contributed by atoms with van der Waals surface area (Å²) in [6.45, 7) is 4.00. The molecule has 0 fully saturated rings. The third-order valence-corrected chi connectivity index (χ3v) is 4.73. The molecule has 1 aromatic heterocycles. The normalized spacial score (nSPS) is 11.2. The SMILES string of the molecule is Cc1ccc(C)c(N/N=C(/C#N)c2nc(-c3ccc(Cl)cc3)cs2)c1. The molecule has 3 aromatic rings. The predicted octanol–water partition coefficient (Wildman–Crippen LogP) is 5.42. The van der Waals surface area contributed by atoms with Gasteiger partial charge >= 0.3 is 0 Å². The number of hydrogen-bond acceptors (Lipinski definition) is 5. The minimum absolute atomic E-state index is 0.256. The zero-order chi connectivity index (χ0) is 17.8. The molecule has 1 N–H and O–H groups in total. The Hall–Kier alpha value is -2.68. The van der Waals surface area contributed by atoms with Gasteiger partial charge in [0.05, 0.1) is 11.4 Å². The maximum absolute atomic E-state index is 9.43. The van der Waals surface area contributed by atoms with Gasteiger partial charge in [0, 0.05) is 16.0 Å². The van der Waals surface area contributed by atoms with Gasteiger partial charge in [-0.25, -0.2) is 4.98 Å². The Bertz CT molecular complexity index is 968. The molecule has 0 saturated heterocycles. The van der Waals surface area contributed by atoms with E-state index in [0.717, 1.165) is 28.1 Å². The highest BCUT2D eigenvalue weighted by molar-refractivity contribution is 7.12. The molecule has 2 aromatic carbocycles. The third-order valence-electron chi connectivity index (χ3n) is 3.63. The third kappa shape index (κ3) is 4.05. The second kappa shape index (κ2) is 7.47. The lowest BCUT2D eigenvalue weighted by Gasteiger charge is -2.06. The van der Waals surface area contributed by atoms with E-state index in [9.17, 15) is 5.26 Å². The zero-order valence-electron chi connectivity index (χ0n) is 13.7. The number of hydrazone groups is 1. The molecule has 3 rings (SSSR count). The van der Waals surface area contributed by atoms with Crippen molar-refractivity contribution in [1.29, 1.82) is 5.26 Å². The van der Waals surface area contributed by atoms with Crippen LogP contribution < -0.4 is 5.43 Å². The number of nitrogens with zero attached hydrogens (tertiary/aromatic N) is 3. The lowest BCUT2D eigenvalue weighted by atomic mass is 10.1. The average Bonchev–Trinajstić information content (AvgIpc) is 3.09. The van der Waals surface area contributed by atoms with Gasteiger partial charge in [0.2, 0.25) is 0 Å². The van der Waals surface area contributed by atoms with Crippen molar-refractivity contribution >= 4 is 34.3 Å². The smallest absolute Gasteiger partial charge is 0.196 e. The molecular weight excluding hydrogens is 352 g/mol. The van der Waals surface area contributed by atoms with Gasteiger partial charge in [-0.05, 0) is 43.2 Å². The van der Waals surface area contributed by atoms with Gasteiger partial charge in [-0.2, -0.15) is 10.4 Å². The second-order valence-electron chi connectivity index (χ2n) is 5.55. The molecule has 25 heavy (non-hydrogen) atoms. The quantitative estimate of drug-likeness (QED) is 0.495. The lowest BCUT2D eigenvalue weighted by molar-refractivity contribution is 1.27. The summed E-state index contributed by atoms with van der Waals surface area (Å²) in [7, 11) is 0. The van der Waals surface area contributed by atoms with Crippen molar-refractivity contribution in [2.75, 3.05) is 5.43 Å². The van der Waals surface area contributed by atoms with E-state index < -0.39 is 0 Å². The minimum atomic E-state index is 0.256. The first kappa shape index (κ1) is 17.2. The fraction of sp³-hybridized carbons (Fsp3) is 0.105. The van der Waals surface area contributed by atoms with Gasteiger partial charge in [-0.3, -0.25) is 5.43 Å². The number of hydrogen-bond donors (Lipinski definition) is 1. The number of rotatable bonds is 4. The van der Waals surface area contributed by atoms with Crippen LogP contribution in [0.3, 0.4) is 0 Å². The van der Waals surface area contributed by atoms with Crippen molar-refractivity contribution in [1.82, 2.24) is 4.98 Å². The first-order valence-electron chi connectivity index (χ1n) is 7.59. The van der Waals surface area contributed by atoms with E-state index in [4.69, 9.17) is 11.6 Å². The Morgan fingerprint density at radius 2 is 1.96 bits per heavy atom. The highest BCUT2D eigenvalue weighted by atomic mass is 35.5. The van der Waals surface area contributed by atoms with E-state index in [1.54, 1.807) is 0 Å². The van der Waals surface area contributed by atoms with Crippen LogP contribution in [0.2, 0.25) is 5.02 Å². The highest BCUT2D eigenvalue weighted by Gasteiger charge is 2.11. The number of halogens is 1. The van der Waals surface area contributed by atoms with Crippen molar-refractivity contribution in [3.8, 4) is 17.3 Å². The molecule has 0 radical (unpaired) electrons. The summed E-state index contributed by atoms with van der Waals surface area (Å²) in [5.74, 6) is 0. The van der Waals surface area contributed by atoms with Crippen LogP contribution in [0.15, 0.2) is 52.9 Å². The Kier molecular flexibility index (Phi) is 5.13. The van der Waals surface area contributed by atoms with Crippen LogP contribution in [0.25, 0.3) is 11.3 Å².